The lowest BCUT2D eigenvalue weighted by Crippen LogP contribution is -2.36. The number of amides is 2. The van der Waals surface area contributed by atoms with Crippen molar-refractivity contribution >= 4 is 23.5 Å². The van der Waals surface area contributed by atoms with E-state index in [1.165, 1.54) is 0 Å². The Morgan fingerprint density at radius 1 is 0.867 bits per heavy atom. The van der Waals surface area contributed by atoms with Gasteiger partial charge in [0.1, 0.15) is 0 Å². The lowest BCUT2D eigenvalue weighted by molar-refractivity contribution is -0.125. The predicted molar refractivity (Wildman–Crippen MR) is 116 cm³/mol. The molecule has 0 saturated carbocycles. The molecule has 0 bridgehead atoms. The Hall–Kier alpha value is -3.70. The van der Waals surface area contributed by atoms with E-state index in [1.807, 2.05) is 77.7 Å². The first kappa shape index (κ1) is 19.6. The molecule has 2 amide bonds. The largest absolute Gasteiger partial charge is 0.334 e. The fourth-order valence-corrected chi connectivity index (χ4v) is 3.71. The zero-order valence-corrected chi connectivity index (χ0v) is 16.4. The molecule has 1 aliphatic heterocycles. The van der Waals surface area contributed by atoms with Crippen molar-refractivity contribution in [3.8, 4) is 0 Å². The minimum Gasteiger partial charge on any atom is -0.334 e. The molecule has 0 aromatic heterocycles. The number of hydroxylamine groups is 1. The van der Waals surface area contributed by atoms with Gasteiger partial charge in [-0.2, -0.15) is 0 Å². The lowest BCUT2D eigenvalue weighted by Gasteiger charge is -2.30. The molecular formula is C25H22N2O3. The highest BCUT2D eigenvalue weighted by atomic mass is 16.5. The van der Waals surface area contributed by atoms with E-state index in [-0.39, 0.29) is 5.91 Å². The summed E-state index contributed by atoms with van der Waals surface area (Å²) in [4.78, 5) is 27.1. The number of fused-ring (bicyclic) bond motifs is 1. The second-order valence-electron chi connectivity index (χ2n) is 7.24. The van der Waals surface area contributed by atoms with E-state index in [4.69, 9.17) is 5.21 Å². The van der Waals surface area contributed by atoms with Gasteiger partial charge in [0.25, 0.3) is 11.8 Å². The molecule has 30 heavy (non-hydrogen) atoms. The molecule has 3 aromatic carbocycles. The van der Waals surface area contributed by atoms with E-state index in [2.05, 4.69) is 0 Å². The third kappa shape index (κ3) is 4.16. The van der Waals surface area contributed by atoms with Gasteiger partial charge in [0.15, 0.2) is 0 Å². The molecule has 1 aliphatic rings. The normalized spacial score (nSPS) is 13.5. The van der Waals surface area contributed by atoms with E-state index < -0.39 is 5.91 Å². The van der Waals surface area contributed by atoms with E-state index in [9.17, 15) is 9.59 Å². The van der Waals surface area contributed by atoms with Gasteiger partial charge in [-0.05, 0) is 46.9 Å². The summed E-state index contributed by atoms with van der Waals surface area (Å²) in [5, 5.41) is 8.90. The Labute approximate surface area is 175 Å². The molecule has 5 nitrogen and oxygen atoms in total. The van der Waals surface area contributed by atoms with Crippen LogP contribution in [0.5, 0.6) is 0 Å². The molecule has 0 spiro atoms. The van der Waals surface area contributed by atoms with Crippen LogP contribution in [0.3, 0.4) is 0 Å². The molecule has 0 radical (unpaired) electrons. The Kier molecular flexibility index (Phi) is 5.72. The van der Waals surface area contributed by atoms with E-state index >= 15 is 0 Å². The minimum absolute atomic E-state index is 0.0484. The van der Waals surface area contributed by atoms with Crippen LogP contribution >= 0.6 is 0 Å². The summed E-state index contributed by atoms with van der Waals surface area (Å²) >= 11 is 0. The van der Waals surface area contributed by atoms with Gasteiger partial charge in [-0.25, -0.2) is 5.48 Å². The average Bonchev–Trinajstić information content (AvgIpc) is 2.82. The Balaban J connectivity index is 1.66. The van der Waals surface area contributed by atoms with Gasteiger partial charge in [0, 0.05) is 24.2 Å². The van der Waals surface area contributed by atoms with Crippen LogP contribution in [-0.4, -0.2) is 28.5 Å². The smallest absolute Gasteiger partial charge is 0.274 e. The fourth-order valence-electron chi connectivity index (χ4n) is 3.71. The first-order valence-corrected chi connectivity index (χ1v) is 9.83. The molecule has 3 aromatic rings. The van der Waals surface area contributed by atoms with Gasteiger partial charge >= 0.3 is 0 Å². The number of rotatable bonds is 4. The van der Waals surface area contributed by atoms with Crippen LogP contribution in [0.15, 0.2) is 78.9 Å². The monoisotopic (exact) mass is 398 g/mol. The van der Waals surface area contributed by atoms with Gasteiger partial charge in [0.05, 0.1) is 0 Å². The van der Waals surface area contributed by atoms with Crippen LogP contribution in [0.1, 0.15) is 32.6 Å². The number of nitrogens with one attached hydrogen (secondary N) is 1. The van der Waals surface area contributed by atoms with Crippen molar-refractivity contribution in [1.82, 2.24) is 10.4 Å². The van der Waals surface area contributed by atoms with Crippen molar-refractivity contribution in [2.45, 2.75) is 13.0 Å². The molecule has 0 fully saturated rings. The van der Waals surface area contributed by atoms with Crippen LogP contribution in [0, 0.1) is 0 Å². The Bertz CT molecular complexity index is 1090. The second-order valence-corrected chi connectivity index (χ2v) is 7.24. The quantitative estimate of drug-likeness (QED) is 0.303. The van der Waals surface area contributed by atoms with Gasteiger partial charge in [-0.1, -0.05) is 66.7 Å². The molecular weight excluding hydrogens is 376 g/mol. The van der Waals surface area contributed by atoms with Crippen molar-refractivity contribution in [3.63, 3.8) is 0 Å². The summed E-state index contributed by atoms with van der Waals surface area (Å²) in [6, 6.07) is 24.8. The summed E-state index contributed by atoms with van der Waals surface area (Å²) in [6.45, 7) is 1.02. The van der Waals surface area contributed by atoms with Crippen molar-refractivity contribution in [2.24, 2.45) is 0 Å². The number of carbonyl (C=O) groups excluding carboxylic acids is 2. The molecule has 1 heterocycles. The molecule has 0 saturated heterocycles. The molecule has 4 rings (SSSR count). The summed E-state index contributed by atoms with van der Waals surface area (Å²) in [5.41, 5.74) is 6.52. The molecule has 150 valence electrons. The third-order valence-corrected chi connectivity index (χ3v) is 5.30. The predicted octanol–water partition coefficient (Wildman–Crippen LogP) is 3.93. The highest BCUT2D eigenvalue weighted by Crippen LogP contribution is 2.26. The highest BCUT2D eigenvalue weighted by Gasteiger charge is 2.25. The van der Waals surface area contributed by atoms with E-state index in [0.717, 1.165) is 28.7 Å². The topological polar surface area (TPSA) is 69.6 Å². The second kappa shape index (κ2) is 8.76. The maximum Gasteiger partial charge on any atom is 0.274 e. The highest BCUT2D eigenvalue weighted by molar-refractivity contribution is 6.24. The molecule has 0 aliphatic carbocycles. The number of carbonyl (C=O) groups is 2. The Morgan fingerprint density at radius 3 is 2.27 bits per heavy atom. The van der Waals surface area contributed by atoms with Crippen molar-refractivity contribution < 1.29 is 14.8 Å². The fraction of sp³-hybridized carbons (Fsp3) is 0.120. The molecule has 5 heteroatoms. The number of benzene rings is 3. The van der Waals surface area contributed by atoms with E-state index in [1.54, 1.807) is 17.6 Å². The van der Waals surface area contributed by atoms with E-state index in [0.29, 0.717) is 24.2 Å². The standard InChI is InChI=1S/C25H22N2O3/c28-24(26-30)21-12-11-19-13-14-27(17-22(19)16-21)25(29)23(20-9-5-2-6-10-20)15-18-7-3-1-4-8-18/h1-12,15-16,30H,13-14,17H2,(H,26,28)/b23-15-. The SMILES string of the molecule is O=C(NO)c1ccc2c(c1)CN(C(=O)/C(=C\c1ccccc1)c1ccccc1)CC2. The van der Waals surface area contributed by atoms with Crippen LogP contribution in [0.25, 0.3) is 11.6 Å². The minimum atomic E-state index is -0.560. The summed E-state index contributed by atoms with van der Waals surface area (Å²) in [6.07, 6.45) is 2.64. The summed E-state index contributed by atoms with van der Waals surface area (Å²) in [7, 11) is 0. The first-order valence-electron chi connectivity index (χ1n) is 9.83. The zero-order valence-electron chi connectivity index (χ0n) is 16.4. The van der Waals surface area contributed by atoms with Crippen molar-refractivity contribution in [3.05, 3.63) is 107 Å². The number of hydrogen-bond donors (Lipinski definition) is 2. The maximum absolute atomic E-state index is 13.5. The van der Waals surface area contributed by atoms with Crippen molar-refractivity contribution in [2.75, 3.05) is 6.54 Å². The molecule has 2 N–H and O–H groups in total. The lowest BCUT2D eigenvalue weighted by atomic mass is 9.95. The third-order valence-electron chi connectivity index (χ3n) is 5.30. The van der Waals surface area contributed by atoms with Gasteiger partial charge in [0.2, 0.25) is 0 Å². The van der Waals surface area contributed by atoms with Crippen molar-refractivity contribution in [1.29, 1.82) is 0 Å². The van der Waals surface area contributed by atoms with Gasteiger partial charge < -0.3 is 4.90 Å². The summed E-state index contributed by atoms with van der Waals surface area (Å²) in [5.74, 6) is -0.608. The number of nitrogens with zero attached hydrogens (tertiary/aromatic N) is 1. The van der Waals surface area contributed by atoms with Crippen LogP contribution in [-0.2, 0) is 17.8 Å². The molecule has 0 unspecified atom stereocenters. The summed E-state index contributed by atoms with van der Waals surface area (Å²) < 4.78 is 0. The first-order chi connectivity index (χ1) is 14.7. The maximum atomic E-state index is 13.5. The molecule has 0 atom stereocenters. The Morgan fingerprint density at radius 2 is 1.57 bits per heavy atom. The number of hydrogen-bond acceptors (Lipinski definition) is 3. The zero-order chi connectivity index (χ0) is 20.9. The van der Waals surface area contributed by atoms with Crippen LogP contribution in [0.2, 0.25) is 0 Å². The van der Waals surface area contributed by atoms with Crippen LogP contribution in [0.4, 0.5) is 0 Å². The van der Waals surface area contributed by atoms with Gasteiger partial charge in [-0.3, -0.25) is 14.8 Å². The average molecular weight is 398 g/mol. The van der Waals surface area contributed by atoms with Gasteiger partial charge in [-0.15, -0.1) is 0 Å². The van der Waals surface area contributed by atoms with Crippen LogP contribution < -0.4 is 5.48 Å².